The van der Waals surface area contributed by atoms with Crippen LogP contribution in [0.5, 0.6) is 0 Å². The molecule has 0 aliphatic carbocycles. The van der Waals surface area contributed by atoms with Gasteiger partial charge < -0.3 is 36.9 Å². The van der Waals surface area contributed by atoms with E-state index >= 15 is 0 Å². The summed E-state index contributed by atoms with van der Waals surface area (Å²) < 4.78 is 0. The number of aromatic nitrogens is 2. The third-order valence-corrected chi connectivity index (χ3v) is 5.55. The van der Waals surface area contributed by atoms with Gasteiger partial charge in [0.2, 0.25) is 17.7 Å². The molecule has 0 bridgehead atoms. The predicted molar refractivity (Wildman–Crippen MR) is 128 cm³/mol. The first-order valence-corrected chi connectivity index (χ1v) is 12.4. The lowest BCUT2D eigenvalue weighted by molar-refractivity contribution is -0.142. The number of hydrogen-bond donors (Lipinski definition) is 7. The minimum Gasteiger partial charge on any atom is -0.481 e. The van der Waals surface area contributed by atoms with Gasteiger partial charge >= 0.3 is 11.9 Å². The van der Waals surface area contributed by atoms with Crippen molar-refractivity contribution in [1.82, 2.24) is 25.9 Å². The van der Waals surface area contributed by atoms with Crippen molar-refractivity contribution in [2.24, 2.45) is 11.7 Å². The highest BCUT2D eigenvalue weighted by Gasteiger charge is 2.31. The fourth-order valence-corrected chi connectivity index (χ4v) is 3.60. The summed E-state index contributed by atoms with van der Waals surface area (Å²) in [5, 5.41) is 25.8. The molecular weight excluding hydrogens is 480 g/mol. The van der Waals surface area contributed by atoms with Gasteiger partial charge in [-0.2, -0.15) is 11.8 Å². The second-order valence-corrected chi connectivity index (χ2v) is 9.40. The molecule has 0 aliphatic rings. The van der Waals surface area contributed by atoms with Crippen molar-refractivity contribution in [2.75, 3.05) is 12.0 Å². The minimum absolute atomic E-state index is 0.00663. The second kappa shape index (κ2) is 15.0. The number of amides is 3. The van der Waals surface area contributed by atoms with Crippen molar-refractivity contribution in [3.8, 4) is 0 Å². The van der Waals surface area contributed by atoms with E-state index in [1.54, 1.807) is 0 Å². The molecule has 3 amide bonds. The highest BCUT2D eigenvalue weighted by Crippen LogP contribution is 2.08. The Hall–Kier alpha value is -3.13. The molecule has 14 heteroatoms. The molecule has 4 atom stereocenters. The molecule has 1 rings (SSSR count). The Balaban J connectivity index is 3.04. The molecule has 0 spiro atoms. The molecule has 1 heterocycles. The van der Waals surface area contributed by atoms with E-state index in [9.17, 15) is 29.1 Å². The van der Waals surface area contributed by atoms with Crippen molar-refractivity contribution in [1.29, 1.82) is 0 Å². The number of carbonyl (C=O) groups is 5. The Kier molecular flexibility index (Phi) is 12.8. The average Bonchev–Trinajstić information content (AvgIpc) is 3.27. The Morgan fingerprint density at radius 3 is 2.14 bits per heavy atom. The maximum atomic E-state index is 13.1. The summed E-state index contributed by atoms with van der Waals surface area (Å²) in [7, 11) is 0. The lowest BCUT2D eigenvalue weighted by atomic mass is 10.0. The number of rotatable bonds is 16. The van der Waals surface area contributed by atoms with Crippen LogP contribution in [-0.4, -0.2) is 86.0 Å². The summed E-state index contributed by atoms with van der Waals surface area (Å²) in [6.07, 6.45) is 4.45. The van der Waals surface area contributed by atoms with E-state index in [4.69, 9.17) is 10.8 Å². The maximum Gasteiger partial charge on any atom is 0.326 e. The number of thioether (sulfide) groups is 1. The highest BCUT2D eigenvalue weighted by molar-refractivity contribution is 7.98. The molecule has 35 heavy (non-hydrogen) atoms. The van der Waals surface area contributed by atoms with E-state index in [1.807, 2.05) is 20.1 Å². The molecule has 0 aliphatic heterocycles. The van der Waals surface area contributed by atoms with Crippen LogP contribution in [0.25, 0.3) is 0 Å². The zero-order valence-corrected chi connectivity index (χ0v) is 20.8. The number of carbonyl (C=O) groups excluding carboxylic acids is 3. The number of nitrogens with one attached hydrogen (secondary N) is 4. The van der Waals surface area contributed by atoms with Crippen LogP contribution in [0.3, 0.4) is 0 Å². The molecule has 1 aromatic heterocycles. The number of carboxylic acids is 2. The maximum absolute atomic E-state index is 13.1. The third kappa shape index (κ3) is 11.2. The Labute approximate surface area is 207 Å². The van der Waals surface area contributed by atoms with Gasteiger partial charge in [-0.25, -0.2) is 9.78 Å². The van der Waals surface area contributed by atoms with Crippen molar-refractivity contribution < 1.29 is 34.2 Å². The van der Waals surface area contributed by atoms with Crippen molar-refractivity contribution in [3.63, 3.8) is 0 Å². The van der Waals surface area contributed by atoms with Crippen molar-refractivity contribution in [3.05, 3.63) is 18.2 Å². The largest absolute Gasteiger partial charge is 0.481 e. The van der Waals surface area contributed by atoms with Gasteiger partial charge in [-0.3, -0.25) is 19.2 Å². The topological polar surface area (TPSA) is 217 Å². The SMILES string of the molecule is CSCCC(NC(=O)C(Cc1cnc[nH]1)NC(=O)C(CC(C)C)NC(=O)C(N)CC(=O)O)C(=O)O. The number of nitrogens with two attached hydrogens (primary N) is 1. The van der Waals surface area contributed by atoms with Gasteiger partial charge in [0.05, 0.1) is 18.8 Å². The molecule has 0 aromatic carbocycles. The molecule has 0 saturated carbocycles. The second-order valence-electron chi connectivity index (χ2n) is 8.42. The molecule has 196 valence electrons. The fourth-order valence-electron chi connectivity index (χ4n) is 3.13. The van der Waals surface area contributed by atoms with Gasteiger partial charge in [-0.15, -0.1) is 0 Å². The standard InChI is InChI=1S/C21H34N6O7S/c1-11(2)6-15(26-18(30)13(22)8-17(28)29)19(31)27-16(7-12-9-23-10-24-12)20(32)25-14(21(33)34)4-5-35-3/h9-11,13-16H,4-8,22H2,1-3H3,(H,23,24)(H,25,32)(H,26,30)(H,27,31)(H,28,29)(H,33,34). The predicted octanol–water partition coefficient (Wildman–Crippen LogP) is -0.908. The lowest BCUT2D eigenvalue weighted by Crippen LogP contribution is -2.58. The first-order chi connectivity index (χ1) is 16.4. The van der Waals surface area contributed by atoms with E-state index in [0.717, 1.165) is 0 Å². The molecule has 0 radical (unpaired) electrons. The molecule has 13 nitrogen and oxygen atoms in total. The molecule has 0 fully saturated rings. The number of aliphatic carboxylic acids is 2. The van der Waals surface area contributed by atoms with Crippen LogP contribution >= 0.6 is 11.8 Å². The van der Waals surface area contributed by atoms with Gasteiger partial charge in [0.15, 0.2) is 0 Å². The Morgan fingerprint density at radius 2 is 1.63 bits per heavy atom. The van der Waals surface area contributed by atoms with Gasteiger partial charge in [-0.1, -0.05) is 13.8 Å². The number of imidazole rings is 1. The van der Waals surface area contributed by atoms with E-state index in [1.165, 1.54) is 24.3 Å². The monoisotopic (exact) mass is 514 g/mol. The van der Waals surface area contributed by atoms with E-state index in [2.05, 4.69) is 25.9 Å². The average molecular weight is 515 g/mol. The number of aromatic amines is 1. The normalized spacial score (nSPS) is 14.4. The molecular formula is C21H34N6O7S. The quantitative estimate of drug-likeness (QED) is 0.144. The Morgan fingerprint density at radius 1 is 1.03 bits per heavy atom. The fraction of sp³-hybridized carbons (Fsp3) is 0.619. The van der Waals surface area contributed by atoms with E-state index in [0.29, 0.717) is 11.4 Å². The smallest absolute Gasteiger partial charge is 0.326 e. The van der Waals surface area contributed by atoms with Gasteiger partial charge in [0, 0.05) is 18.3 Å². The number of hydrogen-bond acceptors (Lipinski definition) is 8. The molecule has 0 saturated heterocycles. The summed E-state index contributed by atoms with van der Waals surface area (Å²) in [5.41, 5.74) is 6.13. The summed E-state index contributed by atoms with van der Waals surface area (Å²) in [5.74, 6) is -4.20. The molecule has 8 N–H and O–H groups in total. The molecule has 1 aromatic rings. The first kappa shape index (κ1) is 29.9. The van der Waals surface area contributed by atoms with Crippen molar-refractivity contribution in [2.45, 2.75) is 63.7 Å². The van der Waals surface area contributed by atoms with Gasteiger partial charge in [0.25, 0.3) is 0 Å². The van der Waals surface area contributed by atoms with Crippen LogP contribution < -0.4 is 21.7 Å². The Bertz CT molecular complexity index is 864. The van der Waals surface area contributed by atoms with E-state index in [-0.39, 0.29) is 25.2 Å². The zero-order chi connectivity index (χ0) is 26.5. The number of nitrogens with zero attached hydrogens (tertiary/aromatic N) is 1. The van der Waals surface area contributed by atoms with Crippen LogP contribution in [0.4, 0.5) is 0 Å². The summed E-state index contributed by atoms with van der Waals surface area (Å²) in [4.78, 5) is 67.5. The van der Waals surface area contributed by atoms with Crippen molar-refractivity contribution >= 4 is 41.4 Å². The van der Waals surface area contributed by atoms with Crippen LogP contribution in [0.2, 0.25) is 0 Å². The first-order valence-electron chi connectivity index (χ1n) is 11.0. The summed E-state index contributed by atoms with van der Waals surface area (Å²) in [6.45, 7) is 3.64. The van der Waals surface area contributed by atoms with Gasteiger partial charge in [-0.05, 0) is 30.8 Å². The van der Waals surface area contributed by atoms with Gasteiger partial charge in [0.1, 0.15) is 18.1 Å². The van der Waals surface area contributed by atoms with Crippen LogP contribution in [0, 0.1) is 5.92 Å². The van der Waals surface area contributed by atoms with Crippen LogP contribution in [0.1, 0.15) is 38.8 Å². The number of carboxylic acid groups (broad SMARTS) is 2. The summed E-state index contributed by atoms with van der Waals surface area (Å²) >= 11 is 1.43. The minimum atomic E-state index is -1.35. The lowest BCUT2D eigenvalue weighted by Gasteiger charge is -2.25. The van der Waals surface area contributed by atoms with E-state index < -0.39 is 60.2 Å². The van der Waals surface area contributed by atoms with Crippen LogP contribution in [-0.2, 0) is 30.4 Å². The summed E-state index contributed by atoms with van der Waals surface area (Å²) in [6, 6.07) is -4.76. The third-order valence-electron chi connectivity index (χ3n) is 4.91. The number of H-pyrrole nitrogens is 1. The molecule has 4 unspecified atom stereocenters. The zero-order valence-electron chi connectivity index (χ0n) is 19.9. The van der Waals surface area contributed by atoms with Crippen LogP contribution in [0.15, 0.2) is 12.5 Å². The highest BCUT2D eigenvalue weighted by atomic mass is 32.2.